The maximum Gasteiger partial charge on any atom is 0.0540 e. The Morgan fingerprint density at radius 3 is 1.72 bits per heavy atom. The van der Waals surface area contributed by atoms with E-state index in [9.17, 15) is 0 Å². The summed E-state index contributed by atoms with van der Waals surface area (Å²) in [5.74, 6) is 0. The Balaban J connectivity index is 1.16. The molecule has 0 N–H and O–H groups in total. The fourth-order valence-electron chi connectivity index (χ4n) is 8.85. The van der Waals surface area contributed by atoms with Crippen molar-refractivity contribution in [1.82, 2.24) is 0 Å². The molecule has 0 radical (unpaired) electrons. The van der Waals surface area contributed by atoms with Crippen molar-refractivity contribution in [1.29, 1.82) is 0 Å². The predicted molar refractivity (Wildman–Crippen MR) is 230 cm³/mol. The topological polar surface area (TPSA) is 3.24 Å². The number of benzene rings is 9. The first-order valence-electron chi connectivity index (χ1n) is 18.9. The van der Waals surface area contributed by atoms with E-state index < -0.39 is 0 Å². The van der Waals surface area contributed by atoms with Crippen molar-refractivity contribution >= 4 is 38.6 Å². The van der Waals surface area contributed by atoms with Crippen LogP contribution >= 0.6 is 0 Å². The van der Waals surface area contributed by atoms with Crippen molar-refractivity contribution in [2.24, 2.45) is 0 Å². The molecule has 1 nitrogen and oxygen atoms in total. The molecule has 1 aliphatic carbocycles. The zero-order valence-electron chi connectivity index (χ0n) is 30.5. The zero-order chi connectivity index (χ0) is 36.2. The van der Waals surface area contributed by atoms with Crippen LogP contribution < -0.4 is 4.90 Å². The van der Waals surface area contributed by atoms with Crippen molar-refractivity contribution in [3.8, 4) is 44.5 Å². The number of fused-ring (bicyclic) bond motifs is 5. The van der Waals surface area contributed by atoms with Gasteiger partial charge in [-0.05, 0) is 102 Å². The molecular formula is C53H39N. The minimum absolute atomic E-state index is 0.0412. The van der Waals surface area contributed by atoms with Crippen LogP contribution in [0.4, 0.5) is 17.1 Å². The molecule has 9 aromatic rings. The maximum absolute atomic E-state index is 2.43. The first-order valence-corrected chi connectivity index (χ1v) is 18.9. The van der Waals surface area contributed by atoms with Crippen LogP contribution in [0.1, 0.15) is 25.0 Å². The zero-order valence-corrected chi connectivity index (χ0v) is 30.5. The molecule has 0 amide bonds. The molecule has 256 valence electrons. The average Bonchev–Trinajstić information content (AvgIpc) is 3.47. The number of hydrogen-bond donors (Lipinski definition) is 0. The number of hydrogen-bond acceptors (Lipinski definition) is 1. The molecule has 0 heterocycles. The third kappa shape index (κ3) is 5.16. The van der Waals surface area contributed by atoms with Crippen molar-refractivity contribution < 1.29 is 0 Å². The van der Waals surface area contributed by atoms with Crippen LogP contribution in [-0.2, 0) is 5.41 Å². The molecule has 0 spiro atoms. The van der Waals surface area contributed by atoms with Gasteiger partial charge in [-0.15, -0.1) is 0 Å². The lowest BCUT2D eigenvalue weighted by molar-refractivity contribution is 0.660. The fraction of sp³-hybridized carbons (Fsp3) is 0.0566. The van der Waals surface area contributed by atoms with Gasteiger partial charge in [0.05, 0.1) is 5.69 Å². The first-order chi connectivity index (χ1) is 26.6. The summed E-state index contributed by atoms with van der Waals surface area (Å²) < 4.78 is 0. The van der Waals surface area contributed by atoms with Crippen LogP contribution in [-0.4, -0.2) is 0 Å². The van der Waals surface area contributed by atoms with Crippen molar-refractivity contribution in [2.45, 2.75) is 19.3 Å². The number of para-hydroxylation sites is 1. The molecule has 0 aliphatic heterocycles. The maximum atomic E-state index is 2.43. The molecule has 10 rings (SSSR count). The van der Waals surface area contributed by atoms with Crippen LogP contribution in [0, 0.1) is 0 Å². The van der Waals surface area contributed by atoms with E-state index in [2.05, 4.69) is 219 Å². The Morgan fingerprint density at radius 1 is 0.352 bits per heavy atom. The SMILES string of the molecule is CC1(C)c2ccccc2-c2c(-c3ccc(N(c4ccc5ccccc5c4)c4ccccc4-c4cccc5cccc(-c6ccccc6)c45)cc3)cccc21. The molecule has 0 aromatic heterocycles. The van der Waals surface area contributed by atoms with E-state index in [0.717, 1.165) is 17.1 Å². The standard InChI is InChI=1S/C53H39N/c1-53(2)48-26-10-8-22-47(48)52-44(24-14-27-49(52)53)38-30-32-41(33-31-38)54(42-34-29-36-15-6-7-18-40(36)35-42)50-28-11-9-21-45(50)46-25-13-20-39-19-12-23-43(51(39)46)37-16-4-3-5-17-37/h3-35H,1-2H3. The summed E-state index contributed by atoms with van der Waals surface area (Å²) in [7, 11) is 0. The van der Waals surface area contributed by atoms with E-state index in [1.165, 1.54) is 77.2 Å². The van der Waals surface area contributed by atoms with Gasteiger partial charge in [0.15, 0.2) is 0 Å². The number of rotatable bonds is 6. The molecule has 1 heteroatoms. The Morgan fingerprint density at radius 2 is 0.907 bits per heavy atom. The van der Waals surface area contributed by atoms with Crippen LogP contribution in [0.15, 0.2) is 200 Å². The van der Waals surface area contributed by atoms with Gasteiger partial charge < -0.3 is 4.90 Å². The van der Waals surface area contributed by atoms with Gasteiger partial charge in [-0.1, -0.05) is 184 Å². The van der Waals surface area contributed by atoms with E-state index in [4.69, 9.17) is 0 Å². The van der Waals surface area contributed by atoms with E-state index in [1.54, 1.807) is 0 Å². The second-order valence-electron chi connectivity index (χ2n) is 14.9. The largest absolute Gasteiger partial charge is 0.310 e. The summed E-state index contributed by atoms with van der Waals surface area (Å²) in [6.45, 7) is 4.70. The smallest absolute Gasteiger partial charge is 0.0540 e. The minimum atomic E-state index is -0.0412. The molecule has 1 aliphatic rings. The second-order valence-corrected chi connectivity index (χ2v) is 14.9. The molecule has 0 unspecified atom stereocenters. The summed E-state index contributed by atoms with van der Waals surface area (Å²) in [5, 5.41) is 4.93. The van der Waals surface area contributed by atoms with E-state index in [1.807, 2.05) is 0 Å². The van der Waals surface area contributed by atoms with Crippen LogP contribution in [0.5, 0.6) is 0 Å². The Hall–Kier alpha value is -6.70. The summed E-state index contributed by atoms with van der Waals surface area (Å²) >= 11 is 0. The van der Waals surface area contributed by atoms with Crippen LogP contribution in [0.3, 0.4) is 0 Å². The Kier molecular flexibility index (Phi) is 7.56. The number of nitrogens with zero attached hydrogens (tertiary/aromatic N) is 1. The van der Waals surface area contributed by atoms with Gasteiger partial charge in [-0.3, -0.25) is 0 Å². The highest BCUT2D eigenvalue weighted by Crippen LogP contribution is 2.52. The fourth-order valence-corrected chi connectivity index (χ4v) is 8.85. The number of anilines is 3. The first kappa shape index (κ1) is 32.0. The highest BCUT2D eigenvalue weighted by Gasteiger charge is 2.36. The Bertz CT molecular complexity index is 2840. The summed E-state index contributed by atoms with van der Waals surface area (Å²) in [6.07, 6.45) is 0. The lowest BCUT2D eigenvalue weighted by atomic mass is 9.82. The van der Waals surface area contributed by atoms with Gasteiger partial charge in [0.1, 0.15) is 0 Å². The lowest BCUT2D eigenvalue weighted by Crippen LogP contribution is -2.14. The summed E-state index contributed by atoms with van der Waals surface area (Å²) in [5.41, 5.74) is 16.1. The van der Waals surface area contributed by atoms with E-state index >= 15 is 0 Å². The van der Waals surface area contributed by atoms with Crippen LogP contribution in [0.25, 0.3) is 66.1 Å². The van der Waals surface area contributed by atoms with Gasteiger partial charge in [-0.25, -0.2) is 0 Å². The van der Waals surface area contributed by atoms with Gasteiger partial charge in [0.25, 0.3) is 0 Å². The predicted octanol–water partition coefficient (Wildman–Crippen LogP) is 14.8. The quantitative estimate of drug-likeness (QED) is 0.168. The molecule has 0 fully saturated rings. The highest BCUT2D eigenvalue weighted by atomic mass is 15.1. The van der Waals surface area contributed by atoms with Gasteiger partial charge in [0, 0.05) is 22.4 Å². The van der Waals surface area contributed by atoms with Crippen LogP contribution in [0.2, 0.25) is 0 Å². The minimum Gasteiger partial charge on any atom is -0.310 e. The van der Waals surface area contributed by atoms with Gasteiger partial charge in [0.2, 0.25) is 0 Å². The summed E-state index contributed by atoms with van der Waals surface area (Å²) in [6, 6.07) is 73.4. The van der Waals surface area contributed by atoms with Crippen molar-refractivity contribution in [3.05, 3.63) is 211 Å². The second kappa shape index (κ2) is 12.8. The van der Waals surface area contributed by atoms with E-state index in [-0.39, 0.29) is 5.41 Å². The van der Waals surface area contributed by atoms with Gasteiger partial charge in [-0.2, -0.15) is 0 Å². The van der Waals surface area contributed by atoms with E-state index in [0.29, 0.717) is 0 Å². The van der Waals surface area contributed by atoms with Crippen molar-refractivity contribution in [3.63, 3.8) is 0 Å². The molecule has 0 saturated heterocycles. The Labute approximate surface area is 317 Å². The third-order valence-electron chi connectivity index (χ3n) is 11.5. The van der Waals surface area contributed by atoms with Crippen molar-refractivity contribution in [2.75, 3.05) is 4.90 Å². The lowest BCUT2D eigenvalue weighted by Gasteiger charge is -2.29. The molecule has 9 aromatic carbocycles. The molecule has 0 atom stereocenters. The average molecular weight is 690 g/mol. The molecule has 54 heavy (non-hydrogen) atoms. The van der Waals surface area contributed by atoms with Gasteiger partial charge >= 0.3 is 0 Å². The molecule has 0 bridgehead atoms. The molecular weight excluding hydrogens is 651 g/mol. The molecule has 0 saturated carbocycles. The third-order valence-corrected chi connectivity index (χ3v) is 11.5. The normalized spacial score (nSPS) is 12.8. The highest BCUT2D eigenvalue weighted by molar-refractivity contribution is 6.09. The summed E-state index contributed by atoms with van der Waals surface area (Å²) in [4.78, 5) is 2.43. The monoisotopic (exact) mass is 689 g/mol.